The molecule has 0 fully saturated rings. The van der Waals surface area contributed by atoms with Crippen LogP contribution in [-0.2, 0) is 0 Å². The van der Waals surface area contributed by atoms with Crippen LogP contribution in [0.2, 0.25) is 0 Å². The molecule has 1 rings (SSSR count). The highest BCUT2D eigenvalue weighted by atomic mass is 32.1. The molecule has 11 heavy (non-hydrogen) atoms. The van der Waals surface area contributed by atoms with Crippen molar-refractivity contribution in [2.75, 3.05) is 5.43 Å². The van der Waals surface area contributed by atoms with Gasteiger partial charge in [0.25, 0.3) is 0 Å². The lowest BCUT2D eigenvalue weighted by molar-refractivity contribution is 0.873. The third-order valence-electron chi connectivity index (χ3n) is 1.48. The predicted octanol–water partition coefficient (Wildman–Crippen LogP) is 1.86. The highest BCUT2D eigenvalue weighted by Gasteiger charge is 2.08. The monoisotopic (exact) mass is 171 g/mol. The van der Waals surface area contributed by atoms with Crippen LogP contribution in [0.1, 0.15) is 30.3 Å². The SMILES string of the molecule is Cc1nc(NN)sc1C(C)C. The molecule has 0 amide bonds. The smallest absolute Gasteiger partial charge is 0.197 e. The molecular formula is C7H13N3S. The van der Waals surface area contributed by atoms with Crippen LogP contribution in [0.15, 0.2) is 0 Å². The number of nitrogen functional groups attached to an aromatic ring is 1. The van der Waals surface area contributed by atoms with Gasteiger partial charge in [-0.15, -0.1) is 11.3 Å². The van der Waals surface area contributed by atoms with Gasteiger partial charge in [0.1, 0.15) is 0 Å². The summed E-state index contributed by atoms with van der Waals surface area (Å²) in [4.78, 5) is 5.54. The van der Waals surface area contributed by atoms with Gasteiger partial charge in [-0.05, 0) is 12.8 Å². The fourth-order valence-corrected chi connectivity index (χ4v) is 1.88. The van der Waals surface area contributed by atoms with E-state index in [-0.39, 0.29) is 0 Å². The molecule has 3 N–H and O–H groups in total. The van der Waals surface area contributed by atoms with Crippen molar-refractivity contribution in [1.29, 1.82) is 0 Å². The van der Waals surface area contributed by atoms with E-state index in [0.717, 1.165) is 10.8 Å². The lowest BCUT2D eigenvalue weighted by atomic mass is 10.1. The third-order valence-corrected chi connectivity index (χ3v) is 2.87. The molecule has 0 atom stereocenters. The zero-order valence-corrected chi connectivity index (χ0v) is 7.83. The summed E-state index contributed by atoms with van der Waals surface area (Å²) < 4.78 is 0. The van der Waals surface area contributed by atoms with E-state index >= 15 is 0 Å². The van der Waals surface area contributed by atoms with E-state index in [1.54, 1.807) is 11.3 Å². The van der Waals surface area contributed by atoms with E-state index in [1.807, 2.05) is 6.92 Å². The molecule has 0 aliphatic carbocycles. The molecule has 0 radical (unpaired) electrons. The van der Waals surface area contributed by atoms with Crippen LogP contribution in [0, 0.1) is 6.92 Å². The molecule has 0 aliphatic heterocycles. The number of hydrogen-bond acceptors (Lipinski definition) is 4. The quantitative estimate of drug-likeness (QED) is 0.527. The van der Waals surface area contributed by atoms with Gasteiger partial charge in [-0.3, -0.25) is 5.43 Å². The lowest BCUT2D eigenvalue weighted by Gasteiger charge is -1.98. The summed E-state index contributed by atoms with van der Waals surface area (Å²) in [7, 11) is 0. The largest absolute Gasteiger partial charge is 0.300 e. The predicted molar refractivity (Wildman–Crippen MR) is 48.8 cm³/mol. The van der Waals surface area contributed by atoms with E-state index in [9.17, 15) is 0 Å². The van der Waals surface area contributed by atoms with Crippen LogP contribution in [0.5, 0.6) is 0 Å². The summed E-state index contributed by atoms with van der Waals surface area (Å²) in [5, 5.41) is 0.797. The number of hydrogen-bond donors (Lipinski definition) is 2. The Bertz CT molecular complexity index is 242. The van der Waals surface area contributed by atoms with E-state index in [4.69, 9.17) is 5.84 Å². The van der Waals surface area contributed by atoms with Gasteiger partial charge in [-0.2, -0.15) is 0 Å². The van der Waals surface area contributed by atoms with Crippen LogP contribution >= 0.6 is 11.3 Å². The summed E-state index contributed by atoms with van der Waals surface area (Å²) in [6.45, 7) is 6.31. The first-order valence-electron chi connectivity index (χ1n) is 3.59. The van der Waals surface area contributed by atoms with Gasteiger partial charge < -0.3 is 0 Å². The number of thiazole rings is 1. The number of nitrogens with two attached hydrogens (primary N) is 1. The molecule has 4 heteroatoms. The van der Waals surface area contributed by atoms with Gasteiger partial charge in [0, 0.05) is 4.88 Å². The molecule has 0 unspecified atom stereocenters. The second kappa shape index (κ2) is 3.19. The minimum absolute atomic E-state index is 0.537. The second-order valence-corrected chi connectivity index (χ2v) is 3.80. The molecule has 0 saturated carbocycles. The van der Waals surface area contributed by atoms with Gasteiger partial charge in [-0.1, -0.05) is 13.8 Å². The van der Waals surface area contributed by atoms with Gasteiger partial charge in [-0.25, -0.2) is 10.8 Å². The number of aromatic nitrogens is 1. The van der Waals surface area contributed by atoms with Crippen LogP contribution in [0.3, 0.4) is 0 Å². The lowest BCUT2D eigenvalue weighted by Crippen LogP contribution is -2.05. The Morgan fingerprint density at radius 1 is 1.55 bits per heavy atom. The first-order valence-corrected chi connectivity index (χ1v) is 4.40. The summed E-state index contributed by atoms with van der Waals surface area (Å²) in [6, 6.07) is 0. The first kappa shape index (κ1) is 8.49. The summed E-state index contributed by atoms with van der Waals surface area (Å²) in [5.41, 5.74) is 3.63. The van der Waals surface area contributed by atoms with Crippen molar-refractivity contribution < 1.29 is 0 Å². The van der Waals surface area contributed by atoms with Crippen LogP contribution in [0.4, 0.5) is 5.13 Å². The van der Waals surface area contributed by atoms with Crippen LogP contribution in [0.25, 0.3) is 0 Å². The first-order chi connectivity index (χ1) is 5.15. The van der Waals surface area contributed by atoms with Gasteiger partial charge in [0.2, 0.25) is 0 Å². The molecule has 0 aliphatic rings. The molecular weight excluding hydrogens is 158 g/mol. The van der Waals surface area contributed by atoms with Crippen LogP contribution in [-0.4, -0.2) is 4.98 Å². The third kappa shape index (κ3) is 1.70. The molecule has 0 bridgehead atoms. The Morgan fingerprint density at radius 3 is 2.45 bits per heavy atom. The van der Waals surface area contributed by atoms with Crippen LogP contribution < -0.4 is 11.3 Å². The van der Waals surface area contributed by atoms with Crippen molar-refractivity contribution in [1.82, 2.24) is 4.98 Å². The maximum Gasteiger partial charge on any atom is 0.197 e. The molecule has 1 aromatic heterocycles. The normalized spacial score (nSPS) is 10.6. The minimum atomic E-state index is 0.537. The number of nitrogens with zero attached hydrogens (tertiary/aromatic N) is 1. The van der Waals surface area contributed by atoms with Gasteiger partial charge in [0.05, 0.1) is 5.69 Å². The van der Waals surface area contributed by atoms with E-state index < -0.39 is 0 Å². The van der Waals surface area contributed by atoms with Gasteiger partial charge >= 0.3 is 0 Å². The van der Waals surface area contributed by atoms with Crippen molar-refractivity contribution in [3.8, 4) is 0 Å². The Labute approximate surface area is 70.6 Å². The molecule has 0 aromatic carbocycles. The van der Waals surface area contributed by atoms with E-state index in [1.165, 1.54) is 4.88 Å². The Morgan fingerprint density at radius 2 is 2.18 bits per heavy atom. The molecule has 0 spiro atoms. The van der Waals surface area contributed by atoms with Gasteiger partial charge in [0.15, 0.2) is 5.13 Å². The summed E-state index contributed by atoms with van der Waals surface area (Å²) in [5.74, 6) is 5.77. The average molecular weight is 171 g/mol. The van der Waals surface area contributed by atoms with Crippen molar-refractivity contribution in [3.63, 3.8) is 0 Å². The standard InChI is InChI=1S/C7H13N3S/c1-4(2)6-5(3)9-7(10-8)11-6/h4H,8H2,1-3H3,(H,9,10). The maximum atomic E-state index is 5.23. The minimum Gasteiger partial charge on any atom is -0.300 e. The average Bonchev–Trinajstić information content (AvgIpc) is 2.30. The summed E-state index contributed by atoms with van der Waals surface area (Å²) in [6.07, 6.45) is 0. The number of anilines is 1. The number of nitrogens with one attached hydrogen (secondary N) is 1. The fraction of sp³-hybridized carbons (Fsp3) is 0.571. The molecule has 1 aromatic rings. The highest BCUT2D eigenvalue weighted by molar-refractivity contribution is 7.15. The van der Waals surface area contributed by atoms with Crippen molar-refractivity contribution in [3.05, 3.63) is 10.6 Å². The Hall–Kier alpha value is -0.610. The van der Waals surface area contributed by atoms with Crippen molar-refractivity contribution in [2.45, 2.75) is 26.7 Å². The van der Waals surface area contributed by atoms with Crippen molar-refractivity contribution in [2.24, 2.45) is 5.84 Å². The van der Waals surface area contributed by atoms with E-state index in [2.05, 4.69) is 24.3 Å². The Kier molecular flexibility index (Phi) is 2.46. The molecule has 1 heterocycles. The topological polar surface area (TPSA) is 50.9 Å². The number of hydrazine groups is 1. The van der Waals surface area contributed by atoms with Crippen molar-refractivity contribution >= 4 is 16.5 Å². The zero-order chi connectivity index (χ0) is 8.43. The zero-order valence-electron chi connectivity index (χ0n) is 7.01. The Balaban J connectivity index is 2.97. The maximum absolute atomic E-state index is 5.23. The molecule has 62 valence electrons. The highest BCUT2D eigenvalue weighted by Crippen LogP contribution is 2.28. The molecule has 0 saturated heterocycles. The second-order valence-electron chi connectivity index (χ2n) is 2.77. The molecule has 3 nitrogen and oxygen atoms in total. The fourth-order valence-electron chi connectivity index (χ4n) is 1.01. The summed E-state index contributed by atoms with van der Waals surface area (Å²) >= 11 is 1.62. The number of rotatable bonds is 2. The van der Waals surface area contributed by atoms with E-state index in [0.29, 0.717) is 5.92 Å². The number of aryl methyl sites for hydroxylation is 1.